The highest BCUT2D eigenvalue weighted by Crippen LogP contribution is 2.29. The summed E-state index contributed by atoms with van der Waals surface area (Å²) in [5.74, 6) is 3.33. The third kappa shape index (κ3) is 4.17. The second-order valence-corrected chi connectivity index (χ2v) is 8.04. The Kier molecular flexibility index (Phi) is 4.89. The lowest BCUT2D eigenvalue weighted by Crippen LogP contribution is -2.44. The average molecular weight is 410 g/mol. The molecule has 1 aliphatic carbocycles. The van der Waals surface area contributed by atoms with E-state index in [9.17, 15) is 4.79 Å². The normalized spacial score (nSPS) is 17.3. The molecule has 10 heteroatoms. The number of carbonyl (C=O) groups excluding carboxylic acids is 1. The molecule has 3 aromatic heterocycles. The number of anilines is 3. The van der Waals surface area contributed by atoms with E-state index in [1.807, 2.05) is 28.8 Å². The molecule has 10 nitrogen and oxygen atoms in total. The van der Waals surface area contributed by atoms with Gasteiger partial charge in [-0.1, -0.05) is 0 Å². The van der Waals surface area contributed by atoms with Gasteiger partial charge >= 0.3 is 0 Å². The highest BCUT2D eigenvalue weighted by Gasteiger charge is 2.24. The van der Waals surface area contributed by atoms with Crippen molar-refractivity contribution < 1.29 is 9.53 Å². The van der Waals surface area contributed by atoms with E-state index in [-0.39, 0.29) is 11.9 Å². The van der Waals surface area contributed by atoms with Crippen molar-refractivity contribution in [3.8, 4) is 5.88 Å². The highest BCUT2D eigenvalue weighted by molar-refractivity contribution is 5.73. The largest absolute Gasteiger partial charge is 0.476 e. The first-order valence-electron chi connectivity index (χ1n) is 10.5. The number of amides is 1. The third-order valence-electron chi connectivity index (χ3n) is 5.53. The summed E-state index contributed by atoms with van der Waals surface area (Å²) in [6, 6.07) is 5.96. The van der Waals surface area contributed by atoms with Crippen molar-refractivity contribution in [3.05, 3.63) is 24.4 Å². The monoisotopic (exact) mass is 410 g/mol. The lowest BCUT2D eigenvalue weighted by Gasteiger charge is -2.32. The summed E-state index contributed by atoms with van der Waals surface area (Å²) in [6.45, 7) is 3.87. The molecule has 0 aromatic carbocycles. The van der Waals surface area contributed by atoms with E-state index >= 15 is 0 Å². The molecule has 2 fully saturated rings. The minimum atomic E-state index is 0.0193. The molecule has 3 aromatic rings. The summed E-state index contributed by atoms with van der Waals surface area (Å²) >= 11 is 0. The first-order valence-corrected chi connectivity index (χ1v) is 10.5. The van der Waals surface area contributed by atoms with Gasteiger partial charge in [-0.05, 0) is 43.7 Å². The number of carbonyl (C=O) groups is 1. The average Bonchev–Trinajstić information content (AvgIpc) is 3.25. The Labute approximate surface area is 174 Å². The van der Waals surface area contributed by atoms with Crippen molar-refractivity contribution in [2.45, 2.75) is 38.6 Å². The van der Waals surface area contributed by atoms with Gasteiger partial charge in [0, 0.05) is 38.3 Å². The minimum Gasteiger partial charge on any atom is -0.476 e. The van der Waals surface area contributed by atoms with Crippen molar-refractivity contribution in [2.75, 3.05) is 29.9 Å². The molecule has 1 saturated heterocycles. The Morgan fingerprint density at radius 3 is 2.87 bits per heavy atom. The number of ether oxygens (including phenoxy) is 1. The van der Waals surface area contributed by atoms with Gasteiger partial charge in [-0.2, -0.15) is 9.97 Å². The summed E-state index contributed by atoms with van der Waals surface area (Å²) < 4.78 is 7.62. The molecule has 1 saturated carbocycles. The molecule has 1 amide bonds. The van der Waals surface area contributed by atoms with Crippen molar-refractivity contribution in [2.24, 2.45) is 5.92 Å². The molecule has 4 heterocycles. The van der Waals surface area contributed by atoms with Gasteiger partial charge in [0.15, 0.2) is 0 Å². The van der Waals surface area contributed by atoms with Crippen LogP contribution < -0.4 is 20.3 Å². The van der Waals surface area contributed by atoms with Gasteiger partial charge in [-0.3, -0.25) is 14.3 Å². The summed E-state index contributed by atoms with van der Waals surface area (Å²) in [5, 5.41) is 13.5. The molecule has 0 unspecified atom stereocenters. The second-order valence-electron chi connectivity index (χ2n) is 8.04. The molecule has 0 atom stereocenters. The number of H-pyrrole nitrogens is 1. The van der Waals surface area contributed by atoms with Gasteiger partial charge in [0.25, 0.3) is 0 Å². The van der Waals surface area contributed by atoms with Gasteiger partial charge in [0.2, 0.25) is 23.7 Å². The molecule has 0 spiro atoms. The van der Waals surface area contributed by atoms with Gasteiger partial charge in [0.1, 0.15) is 11.5 Å². The van der Waals surface area contributed by atoms with Crippen LogP contribution in [0.15, 0.2) is 24.4 Å². The van der Waals surface area contributed by atoms with Gasteiger partial charge < -0.3 is 20.3 Å². The Morgan fingerprint density at radius 2 is 2.10 bits per heavy atom. The molecule has 1 aliphatic heterocycles. The van der Waals surface area contributed by atoms with Crippen LogP contribution in [0.25, 0.3) is 5.65 Å². The predicted molar refractivity (Wildman–Crippen MR) is 112 cm³/mol. The van der Waals surface area contributed by atoms with Crippen LogP contribution in [-0.4, -0.2) is 56.2 Å². The quantitative estimate of drug-likeness (QED) is 0.547. The summed E-state index contributed by atoms with van der Waals surface area (Å²) in [6.07, 6.45) is 6.16. The summed E-state index contributed by atoms with van der Waals surface area (Å²) in [5.41, 5.74) is 0.816. The minimum absolute atomic E-state index is 0.0193. The number of aromatic amines is 1. The third-order valence-corrected chi connectivity index (χ3v) is 5.53. The number of nitrogens with one attached hydrogen (secondary N) is 3. The zero-order valence-electron chi connectivity index (χ0n) is 17.0. The van der Waals surface area contributed by atoms with E-state index in [4.69, 9.17) is 14.7 Å². The van der Waals surface area contributed by atoms with E-state index in [2.05, 4.69) is 25.7 Å². The van der Waals surface area contributed by atoms with Crippen LogP contribution in [0.3, 0.4) is 0 Å². The maximum absolute atomic E-state index is 11.3. The van der Waals surface area contributed by atoms with Crippen molar-refractivity contribution >= 4 is 29.3 Å². The molecule has 0 radical (unpaired) electrons. The molecule has 0 bridgehead atoms. The SMILES string of the molecule is CC(=O)NC1CCN(c2nc(Nc3cc(OCC4CC4)n[nH]3)n3cccc3n2)CC1. The van der Waals surface area contributed by atoms with E-state index < -0.39 is 0 Å². The Hall–Kier alpha value is -3.30. The lowest BCUT2D eigenvalue weighted by atomic mass is 10.1. The van der Waals surface area contributed by atoms with Crippen molar-refractivity contribution in [1.29, 1.82) is 0 Å². The van der Waals surface area contributed by atoms with E-state index in [1.54, 1.807) is 6.92 Å². The molecular formula is C20H26N8O2. The van der Waals surface area contributed by atoms with E-state index in [0.29, 0.717) is 29.5 Å². The van der Waals surface area contributed by atoms with Gasteiger partial charge in [0.05, 0.1) is 6.61 Å². The van der Waals surface area contributed by atoms with E-state index in [0.717, 1.165) is 38.2 Å². The van der Waals surface area contributed by atoms with Crippen LogP contribution in [0.1, 0.15) is 32.6 Å². The van der Waals surface area contributed by atoms with E-state index in [1.165, 1.54) is 12.8 Å². The number of rotatable bonds is 7. The number of hydrogen-bond acceptors (Lipinski definition) is 7. The summed E-state index contributed by atoms with van der Waals surface area (Å²) in [4.78, 5) is 22.9. The number of fused-ring (bicyclic) bond motifs is 1. The molecule has 30 heavy (non-hydrogen) atoms. The predicted octanol–water partition coefficient (Wildman–Crippen LogP) is 2.09. The first-order chi connectivity index (χ1) is 14.6. The van der Waals surface area contributed by atoms with Crippen LogP contribution >= 0.6 is 0 Å². The van der Waals surface area contributed by atoms with Gasteiger partial charge in [-0.15, -0.1) is 5.10 Å². The Balaban J connectivity index is 1.31. The van der Waals surface area contributed by atoms with Gasteiger partial charge in [-0.25, -0.2) is 0 Å². The van der Waals surface area contributed by atoms with Crippen molar-refractivity contribution in [3.63, 3.8) is 0 Å². The molecule has 2 aliphatic rings. The highest BCUT2D eigenvalue weighted by atomic mass is 16.5. The molecular weight excluding hydrogens is 384 g/mol. The standard InChI is InChI=1S/C20H26N8O2/c1-13(29)21-15-6-9-27(10-7-15)19-23-17-3-2-8-28(17)20(24-19)22-16-11-18(26-25-16)30-12-14-4-5-14/h2-3,8,11,14-15H,4-7,9-10,12H2,1H3,(H,21,29)(H2,22,23,24,25,26). The number of aromatic nitrogens is 5. The molecule has 158 valence electrons. The summed E-state index contributed by atoms with van der Waals surface area (Å²) in [7, 11) is 0. The molecule has 5 rings (SSSR count). The van der Waals surface area contributed by atoms with Crippen molar-refractivity contribution in [1.82, 2.24) is 29.9 Å². The fourth-order valence-electron chi connectivity index (χ4n) is 3.71. The Bertz CT molecular complexity index is 1030. The number of piperidine rings is 1. The lowest BCUT2D eigenvalue weighted by molar-refractivity contribution is -0.119. The maximum atomic E-state index is 11.3. The van der Waals surface area contributed by atoms with Crippen LogP contribution in [-0.2, 0) is 4.79 Å². The van der Waals surface area contributed by atoms with Crippen LogP contribution in [0, 0.1) is 5.92 Å². The number of nitrogens with zero attached hydrogens (tertiary/aromatic N) is 5. The van der Waals surface area contributed by atoms with Crippen LogP contribution in [0.4, 0.5) is 17.7 Å². The number of hydrogen-bond donors (Lipinski definition) is 3. The first kappa shape index (κ1) is 18.7. The zero-order chi connectivity index (χ0) is 20.5. The fourth-order valence-corrected chi connectivity index (χ4v) is 3.71. The van der Waals surface area contributed by atoms with Crippen LogP contribution in [0.2, 0.25) is 0 Å². The topological polar surface area (TPSA) is 112 Å². The van der Waals surface area contributed by atoms with Crippen LogP contribution in [0.5, 0.6) is 5.88 Å². The smallest absolute Gasteiger partial charge is 0.234 e. The fraction of sp³-hybridized carbons (Fsp3) is 0.500. The maximum Gasteiger partial charge on any atom is 0.234 e. The molecule has 3 N–H and O–H groups in total. The Morgan fingerprint density at radius 1 is 1.27 bits per heavy atom. The second kappa shape index (κ2) is 7.85. The zero-order valence-corrected chi connectivity index (χ0v) is 17.0.